The number of carbonyl (C=O) groups excluding carboxylic acids is 2. The van der Waals surface area contributed by atoms with E-state index in [1.165, 1.54) is 5.56 Å². The lowest BCUT2D eigenvalue weighted by atomic mass is 9.87. The van der Waals surface area contributed by atoms with Gasteiger partial charge in [-0.2, -0.15) is 0 Å². The number of primary amides is 1. The van der Waals surface area contributed by atoms with Gasteiger partial charge in [0, 0.05) is 12.1 Å². The third-order valence-corrected chi connectivity index (χ3v) is 3.93. The van der Waals surface area contributed by atoms with Crippen molar-refractivity contribution in [2.75, 3.05) is 5.32 Å². The molecule has 0 bridgehead atoms. The Bertz CT molecular complexity index is 719. The van der Waals surface area contributed by atoms with Crippen LogP contribution in [0.2, 0.25) is 0 Å². The zero-order valence-corrected chi connectivity index (χ0v) is 14.9. The van der Waals surface area contributed by atoms with Crippen molar-refractivity contribution in [1.82, 2.24) is 5.32 Å². The summed E-state index contributed by atoms with van der Waals surface area (Å²) in [7, 11) is 0. The van der Waals surface area contributed by atoms with Crippen molar-refractivity contribution in [3.8, 4) is 0 Å². The van der Waals surface area contributed by atoms with E-state index in [1.54, 1.807) is 0 Å². The van der Waals surface area contributed by atoms with Gasteiger partial charge in [0.25, 0.3) is 0 Å². The van der Waals surface area contributed by atoms with Crippen LogP contribution >= 0.6 is 0 Å². The summed E-state index contributed by atoms with van der Waals surface area (Å²) in [5, 5.41) is 5.35. The number of anilines is 1. The van der Waals surface area contributed by atoms with Gasteiger partial charge in [-0.15, -0.1) is 0 Å². The van der Waals surface area contributed by atoms with Crippen molar-refractivity contribution in [3.05, 3.63) is 65.7 Å². The van der Waals surface area contributed by atoms with Gasteiger partial charge in [0.1, 0.15) is 6.04 Å². The van der Waals surface area contributed by atoms with Gasteiger partial charge < -0.3 is 16.4 Å². The van der Waals surface area contributed by atoms with Crippen LogP contribution in [-0.2, 0) is 16.6 Å². The summed E-state index contributed by atoms with van der Waals surface area (Å²) in [5.74, 6) is -0.300. The van der Waals surface area contributed by atoms with Gasteiger partial charge in [-0.25, -0.2) is 4.79 Å². The Balaban J connectivity index is 2.09. The molecule has 0 saturated heterocycles. The van der Waals surface area contributed by atoms with Crippen LogP contribution < -0.4 is 16.4 Å². The van der Waals surface area contributed by atoms with Crippen molar-refractivity contribution in [3.63, 3.8) is 0 Å². The Labute approximate surface area is 148 Å². The fourth-order valence-corrected chi connectivity index (χ4v) is 2.51. The van der Waals surface area contributed by atoms with Gasteiger partial charge in [0.15, 0.2) is 0 Å². The molecule has 0 aliphatic carbocycles. The van der Waals surface area contributed by atoms with Crippen LogP contribution in [0.15, 0.2) is 54.6 Å². The Morgan fingerprint density at radius 3 is 2.12 bits per heavy atom. The van der Waals surface area contributed by atoms with Crippen molar-refractivity contribution in [1.29, 1.82) is 0 Å². The normalized spacial score (nSPS) is 12.3. The van der Waals surface area contributed by atoms with Crippen LogP contribution in [0.25, 0.3) is 0 Å². The minimum Gasteiger partial charge on any atom is -0.352 e. The Morgan fingerprint density at radius 2 is 1.60 bits per heavy atom. The van der Waals surface area contributed by atoms with E-state index >= 15 is 0 Å². The molecule has 0 heterocycles. The van der Waals surface area contributed by atoms with Crippen molar-refractivity contribution in [2.24, 2.45) is 5.73 Å². The van der Waals surface area contributed by atoms with E-state index in [-0.39, 0.29) is 11.3 Å². The first kappa shape index (κ1) is 18.5. The van der Waals surface area contributed by atoms with Gasteiger partial charge in [-0.05, 0) is 28.7 Å². The van der Waals surface area contributed by atoms with E-state index in [2.05, 4.69) is 31.4 Å². The second-order valence-electron chi connectivity index (χ2n) is 7.07. The molecule has 25 heavy (non-hydrogen) atoms. The third kappa shape index (κ3) is 5.64. The molecule has 2 rings (SSSR count). The van der Waals surface area contributed by atoms with E-state index in [9.17, 15) is 9.59 Å². The van der Waals surface area contributed by atoms with E-state index in [0.717, 1.165) is 5.56 Å². The topological polar surface area (TPSA) is 84.2 Å². The molecule has 132 valence electrons. The van der Waals surface area contributed by atoms with E-state index in [4.69, 9.17) is 5.73 Å². The molecule has 0 aliphatic heterocycles. The van der Waals surface area contributed by atoms with Gasteiger partial charge in [-0.1, -0.05) is 63.2 Å². The van der Waals surface area contributed by atoms with Crippen LogP contribution in [0.1, 0.15) is 31.9 Å². The minimum absolute atomic E-state index is 0.0475. The lowest BCUT2D eigenvalue weighted by molar-refractivity contribution is -0.117. The van der Waals surface area contributed by atoms with Gasteiger partial charge in [-0.3, -0.25) is 4.79 Å². The largest absolute Gasteiger partial charge is 0.352 e. The summed E-state index contributed by atoms with van der Waals surface area (Å²) in [5.41, 5.74) is 8.07. The number of amides is 3. The highest BCUT2D eigenvalue weighted by Crippen LogP contribution is 2.23. The lowest BCUT2D eigenvalue weighted by Gasteiger charge is -2.20. The summed E-state index contributed by atoms with van der Waals surface area (Å²) in [6.07, 6.45) is 0.371. The third-order valence-electron chi connectivity index (χ3n) is 3.93. The maximum absolute atomic E-state index is 12.6. The summed E-state index contributed by atoms with van der Waals surface area (Å²) in [6, 6.07) is 15.7. The SMILES string of the molecule is CC(C)(C)c1ccc(NC(=O)C(Cc2ccccc2)NC(N)=O)cc1. The van der Waals surface area contributed by atoms with Crippen LogP contribution in [0.5, 0.6) is 0 Å². The molecule has 4 N–H and O–H groups in total. The fraction of sp³-hybridized carbons (Fsp3) is 0.300. The molecule has 0 fully saturated rings. The number of hydrogen-bond acceptors (Lipinski definition) is 2. The van der Waals surface area contributed by atoms with Crippen molar-refractivity contribution >= 4 is 17.6 Å². The second-order valence-corrected chi connectivity index (χ2v) is 7.07. The van der Waals surface area contributed by atoms with Crippen molar-refractivity contribution in [2.45, 2.75) is 38.6 Å². The van der Waals surface area contributed by atoms with Crippen LogP contribution in [0.3, 0.4) is 0 Å². The quantitative estimate of drug-likeness (QED) is 0.781. The molecule has 0 saturated carbocycles. The number of hydrogen-bond donors (Lipinski definition) is 3. The number of urea groups is 1. The molecule has 3 amide bonds. The fourth-order valence-electron chi connectivity index (χ4n) is 2.51. The monoisotopic (exact) mass is 339 g/mol. The van der Waals surface area contributed by atoms with E-state index in [1.807, 2.05) is 54.6 Å². The molecule has 5 heteroatoms. The predicted octanol–water partition coefficient (Wildman–Crippen LogP) is 3.20. The zero-order chi connectivity index (χ0) is 18.4. The predicted molar refractivity (Wildman–Crippen MR) is 100 cm³/mol. The zero-order valence-electron chi connectivity index (χ0n) is 14.9. The maximum atomic E-state index is 12.6. The minimum atomic E-state index is -0.734. The highest BCUT2D eigenvalue weighted by molar-refractivity contribution is 5.97. The smallest absolute Gasteiger partial charge is 0.312 e. The first-order chi connectivity index (χ1) is 11.8. The van der Waals surface area contributed by atoms with Crippen LogP contribution in [-0.4, -0.2) is 18.0 Å². The maximum Gasteiger partial charge on any atom is 0.312 e. The van der Waals surface area contributed by atoms with E-state index in [0.29, 0.717) is 12.1 Å². The van der Waals surface area contributed by atoms with Crippen molar-refractivity contribution < 1.29 is 9.59 Å². The number of benzene rings is 2. The Morgan fingerprint density at radius 1 is 1.00 bits per heavy atom. The molecule has 0 spiro atoms. The van der Waals surface area contributed by atoms with E-state index < -0.39 is 12.1 Å². The molecule has 0 radical (unpaired) electrons. The molecule has 0 aromatic heterocycles. The molecule has 2 aromatic carbocycles. The standard InChI is InChI=1S/C20H25N3O2/c1-20(2,3)15-9-11-16(12-10-15)22-18(24)17(23-19(21)25)13-14-7-5-4-6-8-14/h4-12,17H,13H2,1-3H3,(H,22,24)(H3,21,23,25). The van der Waals surface area contributed by atoms with Gasteiger partial charge in [0.2, 0.25) is 5.91 Å². The Kier molecular flexibility index (Phi) is 5.80. The molecular weight excluding hydrogens is 314 g/mol. The molecule has 2 aromatic rings. The number of rotatable bonds is 5. The first-order valence-corrected chi connectivity index (χ1v) is 8.27. The second kappa shape index (κ2) is 7.83. The summed E-state index contributed by atoms with van der Waals surface area (Å²) in [6.45, 7) is 6.40. The lowest BCUT2D eigenvalue weighted by Crippen LogP contribution is -2.47. The average molecular weight is 339 g/mol. The first-order valence-electron chi connectivity index (χ1n) is 8.27. The summed E-state index contributed by atoms with van der Waals surface area (Å²) >= 11 is 0. The molecule has 5 nitrogen and oxygen atoms in total. The van der Waals surface area contributed by atoms with Gasteiger partial charge in [0.05, 0.1) is 0 Å². The highest BCUT2D eigenvalue weighted by atomic mass is 16.2. The number of carbonyl (C=O) groups is 2. The number of nitrogens with two attached hydrogens (primary N) is 1. The molecule has 1 unspecified atom stereocenters. The number of nitrogens with one attached hydrogen (secondary N) is 2. The molecular formula is C20H25N3O2. The average Bonchev–Trinajstić information content (AvgIpc) is 2.54. The summed E-state index contributed by atoms with van der Waals surface area (Å²) < 4.78 is 0. The van der Waals surface area contributed by atoms with Gasteiger partial charge >= 0.3 is 6.03 Å². The van der Waals surface area contributed by atoms with Crippen LogP contribution in [0, 0.1) is 0 Å². The molecule has 0 aliphatic rings. The Hall–Kier alpha value is -2.82. The highest BCUT2D eigenvalue weighted by Gasteiger charge is 2.21. The summed E-state index contributed by atoms with van der Waals surface area (Å²) in [4.78, 5) is 23.8. The molecule has 1 atom stereocenters. The van der Waals surface area contributed by atoms with Crippen LogP contribution in [0.4, 0.5) is 10.5 Å².